The zero-order valence-corrected chi connectivity index (χ0v) is 13.7. The van der Waals surface area contributed by atoms with E-state index < -0.39 is 12.0 Å². The molecule has 0 aliphatic carbocycles. The smallest absolute Gasteiger partial charge is 0.328 e. The number of hydrogen-bond acceptors (Lipinski definition) is 3. The third-order valence-corrected chi connectivity index (χ3v) is 3.72. The third-order valence-electron chi connectivity index (χ3n) is 3.32. The molecule has 5 heteroatoms. The normalized spacial score (nSPS) is 12.1. The molecule has 1 aromatic carbocycles. The average molecular weight is 312 g/mol. The highest BCUT2D eigenvalue weighted by molar-refractivity contribution is 6.31. The number of aryl methyl sites for hydroxylation is 2. The number of rotatable bonds is 6. The van der Waals surface area contributed by atoms with E-state index in [4.69, 9.17) is 16.3 Å². The molecule has 0 aliphatic heterocycles. The molecule has 0 spiro atoms. The van der Waals surface area contributed by atoms with Gasteiger partial charge in [0, 0.05) is 11.4 Å². The van der Waals surface area contributed by atoms with Gasteiger partial charge in [-0.2, -0.15) is 0 Å². The zero-order valence-electron chi connectivity index (χ0n) is 12.9. The summed E-state index contributed by atoms with van der Waals surface area (Å²) in [5.41, 5.74) is 2.01. The molecule has 0 heterocycles. The molecular weight excluding hydrogens is 290 g/mol. The topological polar surface area (TPSA) is 55.4 Å². The Labute approximate surface area is 130 Å². The SMILES string of the molecule is COC(=O)C(NC(=O)CCc1ccc(C)c(Cl)c1)C(C)C. The van der Waals surface area contributed by atoms with Gasteiger partial charge in [-0.05, 0) is 36.5 Å². The van der Waals surface area contributed by atoms with Crippen LogP contribution in [0.2, 0.25) is 5.02 Å². The van der Waals surface area contributed by atoms with Crippen molar-refractivity contribution in [1.29, 1.82) is 0 Å². The summed E-state index contributed by atoms with van der Waals surface area (Å²) in [4.78, 5) is 23.5. The van der Waals surface area contributed by atoms with Gasteiger partial charge in [-0.25, -0.2) is 4.79 Å². The van der Waals surface area contributed by atoms with E-state index in [2.05, 4.69) is 5.32 Å². The highest BCUT2D eigenvalue weighted by Crippen LogP contribution is 2.17. The van der Waals surface area contributed by atoms with Crippen LogP contribution in [0.5, 0.6) is 0 Å². The fourth-order valence-corrected chi connectivity index (χ4v) is 2.12. The van der Waals surface area contributed by atoms with E-state index in [9.17, 15) is 9.59 Å². The lowest BCUT2D eigenvalue weighted by molar-refractivity contribution is -0.146. The lowest BCUT2D eigenvalue weighted by Gasteiger charge is -2.19. The van der Waals surface area contributed by atoms with Crippen LogP contribution in [-0.2, 0) is 20.7 Å². The van der Waals surface area contributed by atoms with Crippen molar-refractivity contribution in [2.24, 2.45) is 5.92 Å². The molecule has 4 nitrogen and oxygen atoms in total. The van der Waals surface area contributed by atoms with Gasteiger partial charge >= 0.3 is 5.97 Å². The molecule has 21 heavy (non-hydrogen) atoms. The lowest BCUT2D eigenvalue weighted by Crippen LogP contribution is -2.45. The van der Waals surface area contributed by atoms with Crippen LogP contribution in [0.4, 0.5) is 0 Å². The number of carbonyl (C=O) groups excluding carboxylic acids is 2. The Kier molecular flexibility index (Phi) is 6.69. The molecule has 1 aromatic rings. The van der Waals surface area contributed by atoms with Gasteiger partial charge in [-0.1, -0.05) is 37.6 Å². The lowest BCUT2D eigenvalue weighted by atomic mass is 10.0. The predicted molar refractivity (Wildman–Crippen MR) is 83.3 cm³/mol. The van der Waals surface area contributed by atoms with Gasteiger partial charge in [0.25, 0.3) is 0 Å². The standard InChI is InChI=1S/C16H22ClNO3/c1-10(2)15(16(20)21-4)18-14(19)8-7-12-6-5-11(3)13(17)9-12/h5-6,9-10,15H,7-8H2,1-4H3,(H,18,19). The number of esters is 1. The minimum absolute atomic E-state index is 0.0183. The number of amides is 1. The van der Waals surface area contributed by atoms with Gasteiger partial charge in [0.1, 0.15) is 6.04 Å². The molecule has 0 aromatic heterocycles. The molecule has 0 saturated heterocycles. The molecule has 0 radical (unpaired) electrons. The summed E-state index contributed by atoms with van der Waals surface area (Å²) in [6, 6.07) is 5.14. The summed E-state index contributed by atoms with van der Waals surface area (Å²) in [6.45, 7) is 5.66. The van der Waals surface area contributed by atoms with E-state index >= 15 is 0 Å². The van der Waals surface area contributed by atoms with Gasteiger partial charge in [-0.15, -0.1) is 0 Å². The summed E-state index contributed by atoms with van der Waals surface area (Å²) in [5.74, 6) is -0.609. The molecule has 0 saturated carbocycles. The van der Waals surface area contributed by atoms with Crippen molar-refractivity contribution in [2.45, 2.75) is 39.7 Å². The summed E-state index contributed by atoms with van der Waals surface area (Å²) in [7, 11) is 1.32. The first kappa shape index (κ1) is 17.5. The number of hydrogen-bond donors (Lipinski definition) is 1. The number of halogens is 1. The fourth-order valence-electron chi connectivity index (χ4n) is 1.92. The van der Waals surface area contributed by atoms with Crippen molar-refractivity contribution in [3.05, 3.63) is 34.3 Å². The second-order valence-corrected chi connectivity index (χ2v) is 5.80. The van der Waals surface area contributed by atoms with Crippen molar-refractivity contribution < 1.29 is 14.3 Å². The monoisotopic (exact) mass is 311 g/mol. The zero-order chi connectivity index (χ0) is 16.0. The van der Waals surface area contributed by atoms with Crippen molar-refractivity contribution in [1.82, 2.24) is 5.32 Å². The first-order valence-corrected chi connectivity index (χ1v) is 7.35. The van der Waals surface area contributed by atoms with Gasteiger partial charge in [-0.3, -0.25) is 4.79 Å². The molecule has 116 valence electrons. The Morgan fingerprint density at radius 3 is 2.52 bits per heavy atom. The number of benzene rings is 1. The van der Waals surface area contributed by atoms with E-state index in [1.807, 2.05) is 39.0 Å². The second-order valence-electron chi connectivity index (χ2n) is 5.40. The number of methoxy groups -OCH3 is 1. The summed E-state index contributed by atoms with van der Waals surface area (Å²) in [6.07, 6.45) is 0.886. The number of ether oxygens (including phenoxy) is 1. The van der Waals surface area contributed by atoms with Gasteiger partial charge in [0.15, 0.2) is 0 Å². The maximum Gasteiger partial charge on any atom is 0.328 e. The minimum atomic E-state index is -0.607. The molecule has 1 atom stereocenters. The maximum absolute atomic E-state index is 12.0. The molecule has 1 rings (SSSR count). The van der Waals surface area contributed by atoms with Crippen LogP contribution < -0.4 is 5.32 Å². The van der Waals surface area contributed by atoms with E-state index in [-0.39, 0.29) is 11.8 Å². The van der Waals surface area contributed by atoms with Crippen LogP contribution >= 0.6 is 11.6 Å². The van der Waals surface area contributed by atoms with Crippen molar-refractivity contribution in [3.63, 3.8) is 0 Å². The highest BCUT2D eigenvalue weighted by Gasteiger charge is 2.24. The fraction of sp³-hybridized carbons (Fsp3) is 0.500. The van der Waals surface area contributed by atoms with E-state index in [1.54, 1.807) is 0 Å². The highest BCUT2D eigenvalue weighted by atomic mass is 35.5. The Balaban J connectivity index is 2.56. The summed E-state index contributed by atoms with van der Waals surface area (Å²) >= 11 is 6.05. The van der Waals surface area contributed by atoms with E-state index in [1.165, 1.54) is 7.11 Å². The van der Waals surface area contributed by atoms with Gasteiger partial charge < -0.3 is 10.1 Å². The summed E-state index contributed by atoms with van der Waals surface area (Å²) < 4.78 is 4.70. The Morgan fingerprint density at radius 1 is 1.33 bits per heavy atom. The average Bonchev–Trinajstić information content (AvgIpc) is 2.44. The first-order valence-electron chi connectivity index (χ1n) is 6.97. The molecular formula is C16H22ClNO3. The predicted octanol–water partition coefficient (Wildman–Crippen LogP) is 2.89. The molecule has 1 N–H and O–H groups in total. The van der Waals surface area contributed by atoms with Crippen LogP contribution in [0, 0.1) is 12.8 Å². The Bertz CT molecular complexity index is 514. The quantitative estimate of drug-likeness (QED) is 0.822. The first-order chi connectivity index (χ1) is 9.85. The maximum atomic E-state index is 12.0. The van der Waals surface area contributed by atoms with Crippen LogP contribution in [0.3, 0.4) is 0 Å². The van der Waals surface area contributed by atoms with Gasteiger partial charge in [0.05, 0.1) is 7.11 Å². The third kappa shape index (κ3) is 5.38. The van der Waals surface area contributed by atoms with Crippen LogP contribution in [0.25, 0.3) is 0 Å². The van der Waals surface area contributed by atoms with Crippen LogP contribution in [0.1, 0.15) is 31.4 Å². The van der Waals surface area contributed by atoms with E-state index in [0.717, 1.165) is 11.1 Å². The number of nitrogens with one attached hydrogen (secondary N) is 1. The van der Waals surface area contributed by atoms with Crippen LogP contribution in [0.15, 0.2) is 18.2 Å². The minimum Gasteiger partial charge on any atom is -0.467 e. The largest absolute Gasteiger partial charge is 0.467 e. The molecule has 1 amide bonds. The van der Waals surface area contributed by atoms with Crippen molar-refractivity contribution in [2.75, 3.05) is 7.11 Å². The molecule has 0 aliphatic rings. The number of carbonyl (C=O) groups is 2. The molecule has 0 bridgehead atoms. The Hall–Kier alpha value is -1.55. The Morgan fingerprint density at radius 2 is 2.00 bits per heavy atom. The van der Waals surface area contributed by atoms with Crippen molar-refractivity contribution in [3.8, 4) is 0 Å². The van der Waals surface area contributed by atoms with Gasteiger partial charge in [0.2, 0.25) is 5.91 Å². The van der Waals surface area contributed by atoms with E-state index in [0.29, 0.717) is 17.9 Å². The second kappa shape index (κ2) is 8.03. The van der Waals surface area contributed by atoms with Crippen LogP contribution in [-0.4, -0.2) is 25.0 Å². The summed E-state index contributed by atoms with van der Waals surface area (Å²) in [5, 5.41) is 3.41. The van der Waals surface area contributed by atoms with Crippen molar-refractivity contribution >= 4 is 23.5 Å². The molecule has 0 fully saturated rings. The molecule has 1 unspecified atom stereocenters.